The molecule has 0 unspecified atom stereocenters. The number of halogens is 1. The minimum Gasteiger partial charge on any atom is -0.475 e. The van der Waals surface area contributed by atoms with Gasteiger partial charge in [-0.15, -0.1) is 20.4 Å². The first-order valence-corrected chi connectivity index (χ1v) is 27.6. The van der Waals surface area contributed by atoms with Crippen LogP contribution in [0.4, 0.5) is 22.7 Å². The number of hydrogen-bond donors (Lipinski definition) is 2. The van der Waals surface area contributed by atoms with E-state index in [-0.39, 0.29) is 11.8 Å². The molecule has 7 heterocycles. The lowest BCUT2D eigenvalue weighted by Crippen LogP contribution is -2.41. The molecule has 430 valence electrons. The van der Waals surface area contributed by atoms with Crippen molar-refractivity contribution < 1.29 is 37.8 Å². The Kier molecular flexibility index (Phi) is 20.3. The Balaban J connectivity index is 0.000000189. The van der Waals surface area contributed by atoms with Crippen molar-refractivity contribution in [3.63, 3.8) is 0 Å². The van der Waals surface area contributed by atoms with Gasteiger partial charge in [0.1, 0.15) is 11.4 Å². The molecule has 0 aliphatic carbocycles. The largest absolute Gasteiger partial charge is 0.495 e. The molecule has 0 radical (unpaired) electrons. The standard InChI is InChI=1S/C27H30N6O3.C23H28BN3O3.C10H14ClN3O2/c1-5-36-26-23(33-10-12-35-13-11-33)16-22(31-32-26)21-15-20(7-6-18(21)2)30-25(34)19-8-9-29-24(14-19)27(3,4)17-28;1-15-8-9-17(13-18(15)24-29-22(4,5)23(6,7)30-24)27-20(28)16-10-11-26-19(12-16)21(2,3)14-25;1-2-16-10-8(7-9(11)12-13-10)14-3-5-15-6-4-14/h6-9,14-16H,5,10-13H2,1-4H3,(H,30,34);8-13H,1-7H3,(H,27,28);7H,2-6H2,1H3. The fraction of sp³-hybridized carbons (Fsp3) is 0.433. The maximum absolute atomic E-state index is 13.0. The smallest absolute Gasteiger partial charge is 0.475 e. The molecule has 0 bridgehead atoms. The van der Waals surface area contributed by atoms with Gasteiger partial charge in [0.05, 0.1) is 90.9 Å². The second-order valence-electron chi connectivity index (χ2n) is 21.8. The molecule has 0 saturated carbocycles. The van der Waals surface area contributed by atoms with Crippen molar-refractivity contribution in [2.75, 3.05) is 86.3 Å². The average Bonchev–Trinajstić information content (AvgIpc) is 3.57. The number of ether oxygens (including phenoxy) is 4. The maximum atomic E-state index is 13.0. The van der Waals surface area contributed by atoms with Crippen LogP contribution >= 0.6 is 11.6 Å². The number of carbonyl (C=O) groups is 2. The third kappa shape index (κ3) is 15.2. The molecule has 2 aromatic carbocycles. The quantitative estimate of drug-likeness (QED) is 0.0965. The first-order chi connectivity index (χ1) is 39.0. The number of nitrogens with one attached hydrogen (secondary N) is 2. The van der Waals surface area contributed by atoms with Crippen LogP contribution in [0.5, 0.6) is 11.8 Å². The number of rotatable bonds is 14. The van der Waals surface area contributed by atoms with Gasteiger partial charge in [-0.25, -0.2) is 0 Å². The van der Waals surface area contributed by atoms with Crippen molar-refractivity contribution in [2.45, 2.75) is 105 Å². The van der Waals surface area contributed by atoms with E-state index in [0.29, 0.717) is 96.1 Å². The Morgan fingerprint density at radius 1 is 0.646 bits per heavy atom. The molecule has 6 aromatic rings. The summed E-state index contributed by atoms with van der Waals surface area (Å²) < 4.78 is 34.3. The van der Waals surface area contributed by atoms with Crippen LogP contribution in [0.3, 0.4) is 0 Å². The van der Waals surface area contributed by atoms with E-state index in [1.807, 2.05) is 97.9 Å². The summed E-state index contributed by atoms with van der Waals surface area (Å²) in [5, 5.41) is 41.5. The summed E-state index contributed by atoms with van der Waals surface area (Å²) >= 11 is 5.85. The van der Waals surface area contributed by atoms with E-state index in [1.54, 1.807) is 70.4 Å². The molecular formula is C60H72BClN12O8. The van der Waals surface area contributed by atoms with E-state index in [0.717, 1.165) is 59.7 Å². The number of hydrogen-bond acceptors (Lipinski definition) is 18. The molecule has 20 nitrogen and oxygen atoms in total. The van der Waals surface area contributed by atoms with Crippen LogP contribution in [0, 0.1) is 36.5 Å². The third-order valence-corrected chi connectivity index (χ3v) is 14.6. The minimum atomic E-state index is -0.794. The Labute approximate surface area is 486 Å². The fourth-order valence-corrected chi connectivity index (χ4v) is 8.80. The summed E-state index contributed by atoms with van der Waals surface area (Å²) in [6.07, 6.45) is 3.10. The van der Waals surface area contributed by atoms with Gasteiger partial charge in [-0.2, -0.15) is 10.5 Å². The predicted molar refractivity (Wildman–Crippen MR) is 316 cm³/mol. The molecule has 0 spiro atoms. The third-order valence-electron chi connectivity index (χ3n) is 14.4. The number of amides is 2. The highest BCUT2D eigenvalue weighted by molar-refractivity contribution is 6.62. The van der Waals surface area contributed by atoms with Gasteiger partial charge in [0, 0.05) is 72.7 Å². The van der Waals surface area contributed by atoms with Crippen molar-refractivity contribution in [1.29, 1.82) is 10.5 Å². The summed E-state index contributed by atoms with van der Waals surface area (Å²) in [6, 6.07) is 26.1. The van der Waals surface area contributed by atoms with Gasteiger partial charge in [0.2, 0.25) is 0 Å². The lowest BCUT2D eigenvalue weighted by Gasteiger charge is -2.32. The number of aromatic nitrogens is 6. The second-order valence-corrected chi connectivity index (χ2v) is 22.2. The van der Waals surface area contributed by atoms with E-state index in [1.165, 1.54) is 0 Å². The highest BCUT2D eigenvalue weighted by Gasteiger charge is 2.52. The van der Waals surface area contributed by atoms with Crippen molar-refractivity contribution in [1.82, 2.24) is 30.4 Å². The number of nitrogens with zero attached hydrogens (tertiary/aromatic N) is 10. The van der Waals surface area contributed by atoms with Gasteiger partial charge in [-0.05, 0) is 149 Å². The van der Waals surface area contributed by atoms with Crippen molar-refractivity contribution in [3.05, 3.63) is 124 Å². The topological polar surface area (TPSA) is 245 Å². The number of benzene rings is 2. The van der Waals surface area contributed by atoms with Crippen molar-refractivity contribution >= 4 is 58.7 Å². The highest BCUT2D eigenvalue weighted by Crippen LogP contribution is 2.38. The van der Waals surface area contributed by atoms with Gasteiger partial charge < -0.3 is 48.7 Å². The van der Waals surface area contributed by atoms with E-state index in [4.69, 9.17) is 39.9 Å². The molecule has 2 N–H and O–H groups in total. The minimum absolute atomic E-state index is 0.267. The van der Waals surface area contributed by atoms with Crippen LogP contribution in [-0.4, -0.2) is 126 Å². The normalized spacial score (nSPS) is 15.6. The number of anilines is 4. The van der Waals surface area contributed by atoms with E-state index in [2.05, 4.69) is 62.9 Å². The molecule has 3 aliphatic heterocycles. The molecule has 82 heavy (non-hydrogen) atoms. The van der Waals surface area contributed by atoms with E-state index < -0.39 is 29.2 Å². The summed E-state index contributed by atoms with van der Waals surface area (Å²) in [7, 11) is -0.504. The monoisotopic (exact) mass is 1130 g/mol. The van der Waals surface area contributed by atoms with Crippen LogP contribution < -0.4 is 35.4 Å². The van der Waals surface area contributed by atoms with Gasteiger partial charge >= 0.3 is 7.12 Å². The maximum Gasteiger partial charge on any atom is 0.495 e. The molecular weight excluding hydrogens is 1060 g/mol. The Morgan fingerprint density at radius 2 is 1.10 bits per heavy atom. The van der Waals surface area contributed by atoms with Gasteiger partial charge in [0.25, 0.3) is 23.6 Å². The van der Waals surface area contributed by atoms with Gasteiger partial charge in [0.15, 0.2) is 5.15 Å². The molecule has 3 aliphatic rings. The predicted octanol–water partition coefficient (Wildman–Crippen LogP) is 9.24. The fourth-order valence-electron chi connectivity index (χ4n) is 8.66. The first-order valence-electron chi connectivity index (χ1n) is 27.3. The van der Waals surface area contributed by atoms with Gasteiger partial charge in [-0.1, -0.05) is 29.3 Å². The van der Waals surface area contributed by atoms with Crippen molar-refractivity contribution in [2.24, 2.45) is 0 Å². The lowest BCUT2D eigenvalue weighted by molar-refractivity contribution is 0.00578. The number of carbonyl (C=O) groups excluding carboxylic acids is 2. The summed E-state index contributed by atoms with van der Waals surface area (Å²) in [6.45, 7) is 29.9. The molecule has 2 amide bonds. The number of pyridine rings is 2. The Bertz CT molecular complexity index is 3300. The van der Waals surface area contributed by atoms with Gasteiger partial charge in [-0.3, -0.25) is 19.6 Å². The summed E-state index contributed by atoms with van der Waals surface area (Å²) in [5.41, 5.74) is 7.03. The van der Waals surface area contributed by atoms with E-state index in [9.17, 15) is 20.1 Å². The van der Waals surface area contributed by atoms with Crippen LogP contribution in [0.2, 0.25) is 5.15 Å². The van der Waals surface area contributed by atoms with Crippen LogP contribution in [-0.2, 0) is 29.6 Å². The first kappa shape index (κ1) is 61.8. The average molecular weight is 1140 g/mol. The number of nitriles is 2. The summed E-state index contributed by atoms with van der Waals surface area (Å²) in [5.74, 6) is 0.484. The highest BCUT2D eigenvalue weighted by atomic mass is 35.5. The zero-order valence-corrected chi connectivity index (χ0v) is 49.6. The van der Waals surface area contributed by atoms with Crippen LogP contribution in [0.15, 0.2) is 85.2 Å². The zero-order chi connectivity index (χ0) is 59.4. The van der Waals surface area contributed by atoms with Crippen LogP contribution in [0.1, 0.15) is 112 Å². The van der Waals surface area contributed by atoms with E-state index >= 15 is 0 Å². The zero-order valence-electron chi connectivity index (χ0n) is 48.8. The van der Waals surface area contributed by atoms with Crippen LogP contribution in [0.25, 0.3) is 11.3 Å². The second kappa shape index (κ2) is 26.9. The summed E-state index contributed by atoms with van der Waals surface area (Å²) in [4.78, 5) is 38.7. The van der Waals surface area contributed by atoms with Crippen molar-refractivity contribution in [3.8, 4) is 35.2 Å². The lowest BCUT2D eigenvalue weighted by atomic mass is 9.76. The SMILES string of the molecule is CCOc1nnc(-c2cc(NC(=O)c3ccnc(C(C)(C)C#N)c3)ccc2C)cc1N1CCOCC1.CCOc1nnc(Cl)cc1N1CCOCC1.Cc1ccc(NC(=O)c2ccnc(C(C)(C)C#N)c2)cc1B1OC(C)(C)C(C)(C)O1. The Morgan fingerprint density at radius 3 is 1.57 bits per heavy atom. The molecule has 4 aromatic heterocycles. The molecule has 9 rings (SSSR count). The Hall–Kier alpha value is -7.79. The number of aryl methyl sites for hydroxylation is 2. The molecule has 0 atom stereocenters. The number of morpholine rings is 2. The molecule has 3 saturated heterocycles. The molecule has 22 heteroatoms. The molecule has 3 fully saturated rings.